The molecule has 1 aromatic rings. The van der Waals surface area contributed by atoms with Gasteiger partial charge in [-0.05, 0) is 36.6 Å². The Kier molecular flexibility index (Phi) is 6.63. The van der Waals surface area contributed by atoms with Gasteiger partial charge in [0.1, 0.15) is 6.04 Å². The number of carbonyl (C=O) groups is 2. The molecule has 0 saturated carbocycles. The van der Waals surface area contributed by atoms with Crippen LogP contribution in [0.25, 0.3) is 0 Å². The molecular weight excluding hydrogens is 390 g/mol. The number of hydrogen-bond donors (Lipinski definition) is 0. The van der Waals surface area contributed by atoms with Crippen molar-refractivity contribution < 1.29 is 18.0 Å². The summed E-state index contributed by atoms with van der Waals surface area (Å²) >= 11 is 0. The predicted octanol–water partition coefficient (Wildman–Crippen LogP) is 2.40. The standard InChI is InChI=1S/C21H31N3O4S/c1-4-23(5-2)29(27,28)18-10-11-19-17(14-18)15-20(24(19)16(3)25)21(26)22-12-8-6-7-9-13-22/h10-11,14,20H,4-9,12-13,15H2,1-3H3/t20-/m1/s1. The minimum Gasteiger partial charge on any atom is -0.341 e. The summed E-state index contributed by atoms with van der Waals surface area (Å²) in [5, 5.41) is 0. The number of anilines is 1. The van der Waals surface area contributed by atoms with Crippen LogP contribution in [-0.2, 0) is 26.0 Å². The molecule has 0 aliphatic carbocycles. The van der Waals surface area contributed by atoms with Gasteiger partial charge in [0.15, 0.2) is 0 Å². The number of hydrogen-bond acceptors (Lipinski definition) is 4. The summed E-state index contributed by atoms with van der Waals surface area (Å²) < 4.78 is 27.2. The highest BCUT2D eigenvalue weighted by Gasteiger charge is 2.39. The third-order valence-electron chi connectivity index (χ3n) is 5.92. The Morgan fingerprint density at radius 3 is 2.24 bits per heavy atom. The second-order valence-corrected chi connectivity index (χ2v) is 9.67. The fraction of sp³-hybridized carbons (Fsp3) is 0.619. The number of sulfonamides is 1. The first-order chi connectivity index (χ1) is 13.8. The highest BCUT2D eigenvalue weighted by atomic mass is 32.2. The molecule has 0 unspecified atom stereocenters. The first-order valence-corrected chi connectivity index (χ1v) is 12.0. The van der Waals surface area contributed by atoms with E-state index in [1.165, 1.54) is 16.1 Å². The van der Waals surface area contributed by atoms with E-state index in [0.717, 1.165) is 44.3 Å². The third-order valence-corrected chi connectivity index (χ3v) is 7.97. The van der Waals surface area contributed by atoms with Crippen LogP contribution in [0, 0.1) is 0 Å². The van der Waals surface area contributed by atoms with Crippen LogP contribution in [0.5, 0.6) is 0 Å². The molecule has 2 amide bonds. The first-order valence-electron chi connectivity index (χ1n) is 10.5. The number of likely N-dealkylation sites (tertiary alicyclic amines) is 1. The Morgan fingerprint density at radius 1 is 1.07 bits per heavy atom. The van der Waals surface area contributed by atoms with Crippen molar-refractivity contribution in [2.75, 3.05) is 31.1 Å². The van der Waals surface area contributed by atoms with E-state index < -0.39 is 16.1 Å². The first kappa shape index (κ1) is 21.8. The van der Waals surface area contributed by atoms with Gasteiger partial charge < -0.3 is 4.90 Å². The summed E-state index contributed by atoms with van der Waals surface area (Å²) in [6, 6.07) is 4.26. The average Bonchev–Trinajstić information content (AvgIpc) is 2.86. The van der Waals surface area contributed by atoms with E-state index in [0.29, 0.717) is 25.2 Å². The number of amides is 2. The molecule has 29 heavy (non-hydrogen) atoms. The Bertz CT molecular complexity index is 872. The molecule has 1 fully saturated rings. The van der Waals surface area contributed by atoms with Crippen LogP contribution in [0.3, 0.4) is 0 Å². The zero-order valence-electron chi connectivity index (χ0n) is 17.6. The normalized spacial score (nSPS) is 19.9. The Hall–Kier alpha value is -1.93. The van der Waals surface area contributed by atoms with Crippen molar-refractivity contribution in [2.24, 2.45) is 0 Å². The van der Waals surface area contributed by atoms with Gasteiger partial charge in [0.25, 0.3) is 0 Å². The summed E-state index contributed by atoms with van der Waals surface area (Å²) in [4.78, 5) is 29.2. The topological polar surface area (TPSA) is 78.0 Å². The van der Waals surface area contributed by atoms with Crippen molar-refractivity contribution in [3.8, 4) is 0 Å². The molecule has 0 radical (unpaired) electrons. The van der Waals surface area contributed by atoms with E-state index in [2.05, 4.69) is 0 Å². The third kappa shape index (κ3) is 4.19. The van der Waals surface area contributed by atoms with Crippen LogP contribution in [0.15, 0.2) is 23.1 Å². The van der Waals surface area contributed by atoms with Crippen molar-refractivity contribution >= 4 is 27.5 Å². The van der Waals surface area contributed by atoms with Crippen LogP contribution in [0.2, 0.25) is 0 Å². The number of carbonyl (C=O) groups excluding carboxylic acids is 2. The highest BCUT2D eigenvalue weighted by molar-refractivity contribution is 7.89. The Morgan fingerprint density at radius 2 is 1.69 bits per heavy atom. The highest BCUT2D eigenvalue weighted by Crippen LogP contribution is 2.35. The van der Waals surface area contributed by atoms with E-state index in [1.54, 1.807) is 18.2 Å². The number of benzene rings is 1. The van der Waals surface area contributed by atoms with E-state index in [4.69, 9.17) is 0 Å². The largest absolute Gasteiger partial charge is 0.341 e. The minimum absolute atomic E-state index is 0.0357. The summed E-state index contributed by atoms with van der Waals surface area (Å²) in [5.74, 6) is -0.234. The van der Waals surface area contributed by atoms with Gasteiger partial charge in [-0.2, -0.15) is 4.31 Å². The van der Waals surface area contributed by atoms with Crippen LogP contribution in [-0.4, -0.2) is 61.7 Å². The molecule has 2 aliphatic heterocycles. The van der Waals surface area contributed by atoms with Crippen molar-refractivity contribution in [3.63, 3.8) is 0 Å². The molecule has 3 rings (SSSR count). The van der Waals surface area contributed by atoms with Gasteiger partial charge in [0.2, 0.25) is 21.8 Å². The molecule has 0 N–H and O–H groups in total. The Labute approximate surface area is 173 Å². The van der Waals surface area contributed by atoms with Gasteiger partial charge in [-0.25, -0.2) is 8.42 Å². The molecular formula is C21H31N3O4S. The summed E-state index contributed by atoms with van der Waals surface area (Å²) in [6.07, 6.45) is 4.57. The second-order valence-electron chi connectivity index (χ2n) is 7.73. The zero-order valence-corrected chi connectivity index (χ0v) is 18.4. The fourth-order valence-corrected chi connectivity index (χ4v) is 5.90. The summed E-state index contributed by atoms with van der Waals surface area (Å²) in [6.45, 7) is 7.30. The molecule has 1 saturated heterocycles. The zero-order chi connectivity index (χ0) is 21.2. The lowest BCUT2D eigenvalue weighted by atomic mass is 10.1. The van der Waals surface area contributed by atoms with E-state index in [-0.39, 0.29) is 16.7 Å². The van der Waals surface area contributed by atoms with Crippen molar-refractivity contribution in [3.05, 3.63) is 23.8 Å². The maximum absolute atomic E-state index is 13.2. The van der Waals surface area contributed by atoms with Crippen molar-refractivity contribution in [1.82, 2.24) is 9.21 Å². The number of fused-ring (bicyclic) bond motifs is 1. The molecule has 7 nitrogen and oxygen atoms in total. The molecule has 160 valence electrons. The summed E-state index contributed by atoms with van der Waals surface area (Å²) in [7, 11) is -3.59. The molecule has 0 spiro atoms. The Balaban J connectivity index is 1.92. The van der Waals surface area contributed by atoms with Crippen LogP contribution < -0.4 is 4.90 Å². The lowest BCUT2D eigenvalue weighted by Crippen LogP contribution is -2.49. The van der Waals surface area contributed by atoms with Crippen LogP contribution in [0.1, 0.15) is 52.0 Å². The van der Waals surface area contributed by atoms with Crippen molar-refractivity contribution in [1.29, 1.82) is 0 Å². The number of nitrogens with zero attached hydrogens (tertiary/aromatic N) is 3. The molecule has 0 aromatic heterocycles. The molecule has 8 heteroatoms. The van der Waals surface area contributed by atoms with Gasteiger partial charge >= 0.3 is 0 Å². The average molecular weight is 422 g/mol. The molecule has 1 aromatic carbocycles. The summed E-state index contributed by atoms with van der Waals surface area (Å²) in [5.41, 5.74) is 1.38. The van der Waals surface area contributed by atoms with Crippen LogP contribution in [0.4, 0.5) is 5.69 Å². The second kappa shape index (κ2) is 8.83. The van der Waals surface area contributed by atoms with Crippen molar-refractivity contribution in [2.45, 2.75) is 63.8 Å². The maximum Gasteiger partial charge on any atom is 0.246 e. The SMILES string of the molecule is CCN(CC)S(=O)(=O)c1ccc2c(c1)C[C@H](C(=O)N1CCCCCC1)N2C(C)=O. The maximum atomic E-state index is 13.2. The fourth-order valence-electron chi connectivity index (χ4n) is 4.39. The van der Waals surface area contributed by atoms with Gasteiger partial charge in [-0.15, -0.1) is 0 Å². The smallest absolute Gasteiger partial charge is 0.246 e. The predicted molar refractivity (Wildman–Crippen MR) is 112 cm³/mol. The quantitative estimate of drug-likeness (QED) is 0.731. The van der Waals surface area contributed by atoms with Gasteiger partial charge in [-0.1, -0.05) is 26.7 Å². The molecule has 2 aliphatic rings. The lowest BCUT2D eigenvalue weighted by molar-refractivity contribution is -0.134. The molecule has 2 heterocycles. The van der Waals surface area contributed by atoms with E-state index >= 15 is 0 Å². The number of rotatable bonds is 5. The monoisotopic (exact) mass is 421 g/mol. The minimum atomic E-state index is -3.59. The van der Waals surface area contributed by atoms with Gasteiger partial charge in [0.05, 0.1) is 4.90 Å². The van der Waals surface area contributed by atoms with Crippen LogP contribution >= 0.6 is 0 Å². The molecule has 1 atom stereocenters. The van der Waals surface area contributed by atoms with E-state index in [9.17, 15) is 18.0 Å². The van der Waals surface area contributed by atoms with Gasteiger partial charge in [0, 0.05) is 45.2 Å². The van der Waals surface area contributed by atoms with E-state index in [1.807, 2.05) is 18.7 Å². The van der Waals surface area contributed by atoms with Gasteiger partial charge in [-0.3, -0.25) is 14.5 Å². The molecule has 0 bridgehead atoms. The lowest BCUT2D eigenvalue weighted by Gasteiger charge is -2.29.